The van der Waals surface area contributed by atoms with Gasteiger partial charge in [-0.1, -0.05) is 6.07 Å². The second kappa shape index (κ2) is 5.82. The van der Waals surface area contributed by atoms with Crippen molar-refractivity contribution >= 4 is 5.69 Å². The van der Waals surface area contributed by atoms with Gasteiger partial charge in [0.05, 0.1) is 0 Å². The Bertz CT molecular complexity index is 635. The molecule has 0 radical (unpaired) electrons. The predicted molar refractivity (Wildman–Crippen MR) is 80.0 cm³/mol. The Balaban J connectivity index is 1.60. The minimum absolute atomic E-state index is 0.305. The van der Waals surface area contributed by atoms with Crippen molar-refractivity contribution in [3.05, 3.63) is 64.7 Å². The molecule has 21 heavy (non-hydrogen) atoms. The van der Waals surface area contributed by atoms with Crippen molar-refractivity contribution < 1.29 is 8.78 Å². The third kappa shape index (κ3) is 3.22. The van der Waals surface area contributed by atoms with Crippen molar-refractivity contribution in [1.29, 1.82) is 0 Å². The fourth-order valence-electron chi connectivity index (χ4n) is 3.00. The van der Waals surface area contributed by atoms with Gasteiger partial charge in [0.15, 0.2) is 0 Å². The summed E-state index contributed by atoms with van der Waals surface area (Å²) in [7, 11) is 0. The Labute approximate surface area is 123 Å². The summed E-state index contributed by atoms with van der Waals surface area (Å²) in [5.74, 6) is -1.04. The smallest absolute Gasteiger partial charge is 0.126 e. The number of anilines is 1. The van der Waals surface area contributed by atoms with Crippen LogP contribution in [0.3, 0.4) is 0 Å². The molecule has 0 heterocycles. The monoisotopic (exact) mass is 288 g/mol. The van der Waals surface area contributed by atoms with E-state index in [2.05, 4.69) is 11.4 Å². The van der Waals surface area contributed by atoms with Crippen molar-refractivity contribution in [1.82, 2.24) is 5.32 Å². The van der Waals surface area contributed by atoms with Gasteiger partial charge in [-0.15, -0.1) is 0 Å². The highest BCUT2D eigenvalue weighted by atomic mass is 19.1. The largest absolute Gasteiger partial charge is 0.399 e. The lowest BCUT2D eigenvalue weighted by molar-refractivity contribution is 0.530. The molecule has 4 heteroatoms. The Morgan fingerprint density at radius 3 is 2.62 bits per heavy atom. The number of nitrogens with one attached hydrogen (secondary N) is 1. The van der Waals surface area contributed by atoms with E-state index in [1.165, 1.54) is 23.3 Å². The van der Waals surface area contributed by atoms with Crippen LogP contribution >= 0.6 is 0 Å². The number of hydrogen-bond acceptors (Lipinski definition) is 2. The minimum atomic E-state index is -0.522. The standard InChI is InChI=1S/C17H18F2N2/c18-13-7-11(8-14(19)10-13)5-6-21-17-4-1-12-9-15(20)2-3-16(12)17/h2-3,7-10,17,21H,1,4-6,20H2. The van der Waals surface area contributed by atoms with Gasteiger partial charge in [0.2, 0.25) is 0 Å². The van der Waals surface area contributed by atoms with Gasteiger partial charge in [-0.25, -0.2) is 8.78 Å². The van der Waals surface area contributed by atoms with Gasteiger partial charge in [-0.3, -0.25) is 0 Å². The van der Waals surface area contributed by atoms with Crippen molar-refractivity contribution in [2.24, 2.45) is 0 Å². The van der Waals surface area contributed by atoms with Crippen LogP contribution in [-0.2, 0) is 12.8 Å². The predicted octanol–water partition coefficient (Wildman–Crippen LogP) is 3.37. The highest BCUT2D eigenvalue weighted by molar-refractivity contribution is 5.47. The lowest BCUT2D eigenvalue weighted by atomic mass is 10.1. The van der Waals surface area contributed by atoms with Gasteiger partial charge in [-0.05, 0) is 66.8 Å². The van der Waals surface area contributed by atoms with E-state index in [9.17, 15) is 8.78 Å². The molecule has 3 rings (SSSR count). The van der Waals surface area contributed by atoms with E-state index in [1.54, 1.807) is 0 Å². The number of nitrogens with two attached hydrogens (primary N) is 1. The van der Waals surface area contributed by atoms with Crippen LogP contribution in [0.2, 0.25) is 0 Å². The quantitative estimate of drug-likeness (QED) is 0.847. The maximum atomic E-state index is 13.1. The molecule has 110 valence electrons. The van der Waals surface area contributed by atoms with Crippen LogP contribution in [0.5, 0.6) is 0 Å². The molecule has 0 saturated carbocycles. The molecule has 2 aromatic carbocycles. The summed E-state index contributed by atoms with van der Waals surface area (Å²) in [4.78, 5) is 0. The van der Waals surface area contributed by atoms with Crippen molar-refractivity contribution in [2.45, 2.75) is 25.3 Å². The molecule has 1 aliphatic rings. The fourth-order valence-corrected chi connectivity index (χ4v) is 3.00. The first-order valence-electron chi connectivity index (χ1n) is 7.18. The number of nitrogen functional groups attached to an aromatic ring is 1. The molecule has 0 bridgehead atoms. The Morgan fingerprint density at radius 1 is 1.10 bits per heavy atom. The van der Waals surface area contributed by atoms with Gasteiger partial charge >= 0.3 is 0 Å². The van der Waals surface area contributed by atoms with Crippen molar-refractivity contribution in [3.63, 3.8) is 0 Å². The molecule has 2 nitrogen and oxygen atoms in total. The van der Waals surface area contributed by atoms with Gasteiger partial charge in [0, 0.05) is 17.8 Å². The molecule has 0 aliphatic heterocycles. The number of benzene rings is 2. The second-order valence-corrected chi connectivity index (χ2v) is 5.53. The fraction of sp³-hybridized carbons (Fsp3) is 0.294. The number of fused-ring (bicyclic) bond motifs is 1. The molecule has 1 aliphatic carbocycles. The van der Waals surface area contributed by atoms with E-state index in [0.717, 1.165) is 24.6 Å². The summed E-state index contributed by atoms with van der Waals surface area (Å²) < 4.78 is 26.2. The Hall–Kier alpha value is -1.94. The average molecular weight is 288 g/mol. The highest BCUT2D eigenvalue weighted by Crippen LogP contribution is 2.32. The number of aryl methyl sites for hydroxylation is 1. The van der Waals surface area contributed by atoms with E-state index in [-0.39, 0.29) is 0 Å². The van der Waals surface area contributed by atoms with Gasteiger partial charge in [0.1, 0.15) is 11.6 Å². The van der Waals surface area contributed by atoms with Gasteiger partial charge < -0.3 is 11.1 Å². The summed E-state index contributed by atoms with van der Waals surface area (Å²) in [5.41, 5.74) is 9.84. The van der Waals surface area contributed by atoms with Crippen LogP contribution in [0.25, 0.3) is 0 Å². The number of rotatable bonds is 4. The summed E-state index contributed by atoms with van der Waals surface area (Å²) in [6.45, 7) is 0.692. The minimum Gasteiger partial charge on any atom is -0.399 e. The van der Waals surface area contributed by atoms with Crippen LogP contribution in [-0.4, -0.2) is 6.54 Å². The molecule has 1 atom stereocenters. The van der Waals surface area contributed by atoms with Gasteiger partial charge in [-0.2, -0.15) is 0 Å². The number of halogens is 2. The molecule has 0 spiro atoms. The van der Waals surface area contributed by atoms with Gasteiger partial charge in [0.25, 0.3) is 0 Å². The van der Waals surface area contributed by atoms with Crippen LogP contribution in [0.4, 0.5) is 14.5 Å². The Kier molecular flexibility index (Phi) is 3.88. The first kappa shape index (κ1) is 14.0. The molecule has 2 aromatic rings. The molecule has 0 fully saturated rings. The molecule has 0 amide bonds. The average Bonchev–Trinajstić information content (AvgIpc) is 2.80. The van der Waals surface area contributed by atoms with Crippen LogP contribution in [0.1, 0.15) is 29.2 Å². The Morgan fingerprint density at radius 2 is 1.86 bits per heavy atom. The lowest BCUT2D eigenvalue weighted by Gasteiger charge is -2.14. The van der Waals surface area contributed by atoms with Crippen LogP contribution in [0.15, 0.2) is 36.4 Å². The molecule has 0 aromatic heterocycles. The zero-order chi connectivity index (χ0) is 14.8. The molecule has 3 N–H and O–H groups in total. The highest BCUT2D eigenvalue weighted by Gasteiger charge is 2.21. The molecule has 0 saturated heterocycles. The summed E-state index contributed by atoms with van der Waals surface area (Å²) >= 11 is 0. The van der Waals surface area contributed by atoms with E-state index in [4.69, 9.17) is 5.73 Å². The van der Waals surface area contributed by atoms with E-state index in [0.29, 0.717) is 24.6 Å². The van der Waals surface area contributed by atoms with Crippen molar-refractivity contribution in [2.75, 3.05) is 12.3 Å². The van der Waals surface area contributed by atoms with E-state index >= 15 is 0 Å². The zero-order valence-corrected chi connectivity index (χ0v) is 11.7. The summed E-state index contributed by atoms with van der Waals surface area (Å²) in [6.07, 6.45) is 2.67. The molecular formula is C17H18F2N2. The summed E-state index contributed by atoms with van der Waals surface area (Å²) in [6, 6.07) is 9.98. The zero-order valence-electron chi connectivity index (χ0n) is 11.7. The first-order valence-corrected chi connectivity index (χ1v) is 7.18. The lowest BCUT2D eigenvalue weighted by Crippen LogP contribution is -2.22. The SMILES string of the molecule is Nc1ccc2c(c1)CCC2NCCc1cc(F)cc(F)c1. The third-order valence-corrected chi connectivity index (χ3v) is 3.97. The first-order chi connectivity index (χ1) is 10.1. The maximum absolute atomic E-state index is 13.1. The topological polar surface area (TPSA) is 38.0 Å². The van der Waals surface area contributed by atoms with Crippen LogP contribution < -0.4 is 11.1 Å². The third-order valence-electron chi connectivity index (χ3n) is 3.97. The second-order valence-electron chi connectivity index (χ2n) is 5.53. The number of hydrogen-bond donors (Lipinski definition) is 2. The maximum Gasteiger partial charge on any atom is 0.126 e. The van der Waals surface area contributed by atoms with Crippen molar-refractivity contribution in [3.8, 4) is 0 Å². The molecular weight excluding hydrogens is 270 g/mol. The summed E-state index contributed by atoms with van der Waals surface area (Å²) in [5, 5.41) is 3.46. The normalized spacial score (nSPS) is 17.0. The van der Waals surface area contributed by atoms with E-state index < -0.39 is 11.6 Å². The van der Waals surface area contributed by atoms with Crippen LogP contribution in [0, 0.1) is 11.6 Å². The molecule has 1 unspecified atom stereocenters. The van der Waals surface area contributed by atoms with E-state index in [1.807, 2.05) is 12.1 Å².